The number of benzene rings is 2. The average Bonchev–Trinajstić information content (AvgIpc) is 2.46. The summed E-state index contributed by atoms with van der Waals surface area (Å²) < 4.78 is 13.3. The smallest absolute Gasteiger partial charge is 0.254 e. The van der Waals surface area contributed by atoms with Gasteiger partial charge in [0, 0.05) is 29.4 Å². The van der Waals surface area contributed by atoms with Gasteiger partial charge in [0.25, 0.3) is 5.91 Å². The third-order valence-corrected chi connectivity index (χ3v) is 4.04. The zero-order chi connectivity index (χ0) is 15.0. The lowest BCUT2D eigenvalue weighted by atomic mass is 9.98. The maximum Gasteiger partial charge on any atom is 0.254 e. The molecule has 108 valence electrons. The number of nitrogen functional groups attached to an aromatic ring is 1. The molecular weight excluding hydrogens is 291 g/mol. The van der Waals surface area contributed by atoms with Crippen LogP contribution in [0.3, 0.4) is 0 Å². The fraction of sp³-hybridized carbons (Fsp3) is 0.188. The van der Waals surface area contributed by atoms with Gasteiger partial charge in [0.15, 0.2) is 0 Å². The van der Waals surface area contributed by atoms with Crippen molar-refractivity contribution in [3.05, 3.63) is 63.9 Å². The number of nitrogens with zero attached hydrogens (tertiary/aromatic N) is 1. The molecule has 3 rings (SSSR count). The maximum absolute atomic E-state index is 13.3. The number of anilines is 1. The second-order valence-corrected chi connectivity index (χ2v) is 5.54. The third kappa shape index (κ3) is 2.72. The molecule has 1 aliphatic heterocycles. The van der Waals surface area contributed by atoms with Gasteiger partial charge in [0.05, 0.1) is 0 Å². The van der Waals surface area contributed by atoms with Crippen LogP contribution < -0.4 is 5.73 Å². The van der Waals surface area contributed by atoms with E-state index in [1.54, 1.807) is 17.0 Å². The van der Waals surface area contributed by atoms with E-state index in [2.05, 4.69) is 0 Å². The van der Waals surface area contributed by atoms with Crippen LogP contribution in [0.1, 0.15) is 21.5 Å². The van der Waals surface area contributed by atoms with Gasteiger partial charge in [-0.3, -0.25) is 4.79 Å². The molecule has 1 amide bonds. The Hall–Kier alpha value is -2.07. The number of nitrogens with two attached hydrogens (primary N) is 1. The molecule has 0 bridgehead atoms. The highest BCUT2D eigenvalue weighted by Gasteiger charge is 2.25. The fourth-order valence-electron chi connectivity index (χ4n) is 2.56. The lowest BCUT2D eigenvalue weighted by molar-refractivity contribution is 0.0727. The standard InChI is InChI=1S/C16H14ClFN2O/c17-15-4-2-12(18)7-11(15)9-20-6-5-10-1-3-13(19)8-14(10)16(20)21/h1-4,7-8H,5-6,9,19H2. The average molecular weight is 305 g/mol. The molecule has 3 nitrogen and oxygen atoms in total. The second kappa shape index (κ2) is 5.37. The molecule has 0 spiro atoms. The molecular formula is C16H14ClFN2O. The predicted octanol–water partition coefficient (Wildman–Crippen LogP) is 3.26. The van der Waals surface area contributed by atoms with Crippen LogP contribution in [0.2, 0.25) is 5.02 Å². The molecule has 0 unspecified atom stereocenters. The molecule has 1 aliphatic rings. The molecule has 0 aromatic heterocycles. The van der Waals surface area contributed by atoms with Gasteiger partial charge < -0.3 is 10.6 Å². The molecule has 1 heterocycles. The van der Waals surface area contributed by atoms with E-state index in [9.17, 15) is 9.18 Å². The highest BCUT2D eigenvalue weighted by molar-refractivity contribution is 6.31. The number of carbonyl (C=O) groups is 1. The molecule has 0 radical (unpaired) electrons. The fourth-order valence-corrected chi connectivity index (χ4v) is 2.74. The Morgan fingerprint density at radius 1 is 1.24 bits per heavy atom. The molecule has 0 saturated heterocycles. The van der Waals surface area contributed by atoms with Crippen LogP contribution in [-0.2, 0) is 13.0 Å². The summed E-state index contributed by atoms with van der Waals surface area (Å²) in [4.78, 5) is 14.2. The van der Waals surface area contributed by atoms with Crippen LogP contribution in [0, 0.1) is 5.82 Å². The van der Waals surface area contributed by atoms with E-state index in [0.29, 0.717) is 34.9 Å². The quantitative estimate of drug-likeness (QED) is 0.866. The summed E-state index contributed by atoms with van der Waals surface area (Å²) in [5.41, 5.74) is 8.53. The van der Waals surface area contributed by atoms with Crippen LogP contribution in [0.4, 0.5) is 10.1 Å². The molecule has 21 heavy (non-hydrogen) atoms. The summed E-state index contributed by atoms with van der Waals surface area (Å²) in [7, 11) is 0. The number of fused-ring (bicyclic) bond motifs is 1. The summed E-state index contributed by atoms with van der Waals surface area (Å²) in [5, 5.41) is 0.461. The lowest BCUT2D eigenvalue weighted by Crippen LogP contribution is -2.37. The van der Waals surface area contributed by atoms with Crippen LogP contribution in [0.25, 0.3) is 0 Å². The van der Waals surface area contributed by atoms with Gasteiger partial charge in [0.1, 0.15) is 5.82 Å². The van der Waals surface area contributed by atoms with E-state index in [0.717, 1.165) is 12.0 Å². The van der Waals surface area contributed by atoms with E-state index < -0.39 is 0 Å². The molecule has 5 heteroatoms. The van der Waals surface area contributed by atoms with Crippen molar-refractivity contribution in [2.45, 2.75) is 13.0 Å². The largest absolute Gasteiger partial charge is 0.399 e. The van der Waals surface area contributed by atoms with Gasteiger partial charge in [-0.05, 0) is 47.9 Å². The summed E-state index contributed by atoms with van der Waals surface area (Å²) in [6.45, 7) is 0.881. The Kier molecular flexibility index (Phi) is 3.55. The van der Waals surface area contributed by atoms with E-state index in [-0.39, 0.29) is 11.7 Å². The monoisotopic (exact) mass is 304 g/mol. The van der Waals surface area contributed by atoms with Gasteiger partial charge >= 0.3 is 0 Å². The van der Waals surface area contributed by atoms with Crippen molar-refractivity contribution in [1.29, 1.82) is 0 Å². The minimum absolute atomic E-state index is 0.0936. The SMILES string of the molecule is Nc1ccc2c(c1)C(=O)N(Cc1cc(F)ccc1Cl)CC2. The summed E-state index contributed by atoms with van der Waals surface area (Å²) in [5.74, 6) is -0.451. The summed E-state index contributed by atoms with van der Waals surface area (Å²) >= 11 is 6.06. The van der Waals surface area contributed by atoms with Gasteiger partial charge in [-0.1, -0.05) is 17.7 Å². The third-order valence-electron chi connectivity index (χ3n) is 3.67. The van der Waals surface area contributed by atoms with Crippen LogP contribution in [0.15, 0.2) is 36.4 Å². The van der Waals surface area contributed by atoms with Gasteiger partial charge in [-0.25, -0.2) is 4.39 Å². The molecule has 2 aromatic rings. The molecule has 2 N–H and O–H groups in total. The molecule has 0 aliphatic carbocycles. The number of halogens is 2. The van der Waals surface area contributed by atoms with Crippen molar-refractivity contribution in [2.24, 2.45) is 0 Å². The lowest BCUT2D eigenvalue weighted by Gasteiger charge is -2.29. The van der Waals surface area contributed by atoms with E-state index in [4.69, 9.17) is 17.3 Å². The Morgan fingerprint density at radius 3 is 2.86 bits per heavy atom. The maximum atomic E-state index is 13.3. The Labute approximate surface area is 127 Å². The van der Waals surface area contributed by atoms with Gasteiger partial charge in [0.2, 0.25) is 0 Å². The zero-order valence-corrected chi connectivity index (χ0v) is 12.0. The van der Waals surface area contributed by atoms with E-state index in [1.807, 2.05) is 6.07 Å². The van der Waals surface area contributed by atoms with Crippen molar-refractivity contribution in [3.8, 4) is 0 Å². The van der Waals surface area contributed by atoms with Gasteiger partial charge in [-0.2, -0.15) is 0 Å². The predicted molar refractivity (Wildman–Crippen MR) is 80.7 cm³/mol. The summed E-state index contributed by atoms with van der Waals surface area (Å²) in [6.07, 6.45) is 0.758. The van der Waals surface area contributed by atoms with Crippen molar-refractivity contribution >= 4 is 23.2 Å². The highest BCUT2D eigenvalue weighted by Crippen LogP contribution is 2.25. The molecule has 2 aromatic carbocycles. The van der Waals surface area contributed by atoms with Crippen molar-refractivity contribution in [1.82, 2.24) is 4.90 Å². The van der Waals surface area contributed by atoms with Crippen molar-refractivity contribution in [2.75, 3.05) is 12.3 Å². The first-order valence-electron chi connectivity index (χ1n) is 6.66. The number of rotatable bonds is 2. The second-order valence-electron chi connectivity index (χ2n) is 5.13. The van der Waals surface area contributed by atoms with E-state index >= 15 is 0 Å². The normalized spacial score (nSPS) is 14.2. The van der Waals surface area contributed by atoms with Crippen molar-refractivity contribution in [3.63, 3.8) is 0 Å². The summed E-state index contributed by atoms with van der Waals surface area (Å²) in [6, 6.07) is 9.55. The van der Waals surface area contributed by atoms with Crippen molar-refractivity contribution < 1.29 is 9.18 Å². The minimum atomic E-state index is -0.358. The van der Waals surface area contributed by atoms with Gasteiger partial charge in [-0.15, -0.1) is 0 Å². The molecule has 0 atom stereocenters. The topological polar surface area (TPSA) is 46.3 Å². The zero-order valence-electron chi connectivity index (χ0n) is 11.3. The number of carbonyl (C=O) groups excluding carboxylic acids is 1. The first-order chi connectivity index (χ1) is 10.0. The number of amides is 1. The Balaban J connectivity index is 1.88. The first kappa shape index (κ1) is 13.9. The first-order valence-corrected chi connectivity index (χ1v) is 7.04. The van der Waals surface area contributed by atoms with Crippen LogP contribution >= 0.6 is 11.6 Å². The van der Waals surface area contributed by atoms with Crippen LogP contribution in [0.5, 0.6) is 0 Å². The number of hydrogen-bond donors (Lipinski definition) is 1. The molecule has 0 saturated carbocycles. The van der Waals surface area contributed by atoms with E-state index in [1.165, 1.54) is 18.2 Å². The minimum Gasteiger partial charge on any atom is -0.399 e. The number of hydrogen-bond acceptors (Lipinski definition) is 2. The Morgan fingerprint density at radius 2 is 2.05 bits per heavy atom. The molecule has 0 fully saturated rings. The highest BCUT2D eigenvalue weighted by atomic mass is 35.5. The Bertz CT molecular complexity index is 717. The van der Waals surface area contributed by atoms with Crippen LogP contribution in [-0.4, -0.2) is 17.4 Å².